The van der Waals surface area contributed by atoms with Gasteiger partial charge < -0.3 is 10.1 Å². The lowest BCUT2D eigenvalue weighted by Crippen LogP contribution is -2.44. The molecule has 0 radical (unpaired) electrons. The van der Waals surface area contributed by atoms with Crippen LogP contribution in [0.4, 0.5) is 0 Å². The van der Waals surface area contributed by atoms with Crippen LogP contribution in [0.2, 0.25) is 0 Å². The van der Waals surface area contributed by atoms with Crippen molar-refractivity contribution in [3.8, 4) is 0 Å². The van der Waals surface area contributed by atoms with Gasteiger partial charge >= 0.3 is 0 Å². The van der Waals surface area contributed by atoms with E-state index in [4.69, 9.17) is 4.74 Å². The molecule has 0 saturated heterocycles. The van der Waals surface area contributed by atoms with Crippen LogP contribution in [-0.2, 0) is 4.74 Å². The van der Waals surface area contributed by atoms with Gasteiger partial charge in [-0.05, 0) is 43.6 Å². The van der Waals surface area contributed by atoms with Crippen molar-refractivity contribution in [2.24, 2.45) is 11.3 Å². The highest BCUT2D eigenvalue weighted by molar-refractivity contribution is 4.92. The van der Waals surface area contributed by atoms with E-state index >= 15 is 0 Å². The third-order valence-electron chi connectivity index (χ3n) is 4.13. The van der Waals surface area contributed by atoms with Gasteiger partial charge in [0.05, 0.1) is 6.61 Å². The number of rotatable bonds is 8. The van der Waals surface area contributed by atoms with Gasteiger partial charge in [-0.25, -0.2) is 0 Å². The third-order valence-corrected chi connectivity index (χ3v) is 4.13. The Labute approximate surface area is 108 Å². The van der Waals surface area contributed by atoms with E-state index in [0.717, 1.165) is 32.1 Å². The minimum absolute atomic E-state index is 0.487. The second kappa shape index (κ2) is 7.38. The molecule has 1 rings (SSSR count). The number of hydrogen-bond donors (Lipinski definition) is 1. The first-order chi connectivity index (χ1) is 8.11. The van der Waals surface area contributed by atoms with Crippen LogP contribution in [0, 0.1) is 11.3 Å². The van der Waals surface area contributed by atoms with Gasteiger partial charge in [0.1, 0.15) is 0 Å². The molecule has 0 aromatic rings. The van der Waals surface area contributed by atoms with Crippen LogP contribution in [0.15, 0.2) is 0 Å². The lowest BCUT2D eigenvalue weighted by molar-refractivity contribution is 0.0702. The van der Waals surface area contributed by atoms with Crippen LogP contribution in [0.1, 0.15) is 59.8 Å². The molecule has 2 unspecified atom stereocenters. The van der Waals surface area contributed by atoms with Crippen molar-refractivity contribution >= 4 is 0 Å². The Morgan fingerprint density at radius 1 is 1.29 bits per heavy atom. The van der Waals surface area contributed by atoms with Gasteiger partial charge in [-0.1, -0.05) is 34.1 Å². The molecule has 2 nitrogen and oxygen atoms in total. The molecule has 0 aliphatic heterocycles. The highest BCUT2D eigenvalue weighted by atomic mass is 16.5. The van der Waals surface area contributed by atoms with E-state index in [1.54, 1.807) is 0 Å². The second-order valence-electron chi connectivity index (χ2n) is 6.12. The zero-order valence-electron chi connectivity index (χ0n) is 12.2. The third kappa shape index (κ3) is 4.59. The lowest BCUT2D eigenvalue weighted by atomic mass is 9.77. The Bertz CT molecular complexity index is 203. The first kappa shape index (κ1) is 15.0. The van der Waals surface area contributed by atoms with E-state index in [1.807, 2.05) is 0 Å². The summed E-state index contributed by atoms with van der Waals surface area (Å²) in [5.41, 5.74) is 0.487. The van der Waals surface area contributed by atoms with Crippen LogP contribution in [0.25, 0.3) is 0 Å². The van der Waals surface area contributed by atoms with Crippen molar-refractivity contribution in [3.63, 3.8) is 0 Å². The predicted molar refractivity (Wildman–Crippen MR) is 74.3 cm³/mol. The predicted octanol–water partition coefficient (Wildman–Crippen LogP) is 3.61. The molecule has 0 aromatic carbocycles. The van der Waals surface area contributed by atoms with E-state index in [2.05, 4.69) is 33.0 Å². The average Bonchev–Trinajstić information content (AvgIpc) is 2.63. The fraction of sp³-hybridized carbons (Fsp3) is 1.00. The van der Waals surface area contributed by atoms with E-state index in [-0.39, 0.29) is 0 Å². The molecule has 1 fully saturated rings. The maximum Gasteiger partial charge on any atom is 0.0622 e. The monoisotopic (exact) mass is 241 g/mol. The largest absolute Gasteiger partial charge is 0.380 e. The minimum Gasteiger partial charge on any atom is -0.380 e. The maximum absolute atomic E-state index is 5.79. The summed E-state index contributed by atoms with van der Waals surface area (Å²) in [4.78, 5) is 0. The molecular weight excluding hydrogens is 210 g/mol. The van der Waals surface area contributed by atoms with Crippen molar-refractivity contribution in [3.05, 3.63) is 0 Å². The minimum atomic E-state index is 0.487. The van der Waals surface area contributed by atoms with Crippen LogP contribution < -0.4 is 5.32 Å². The summed E-state index contributed by atoms with van der Waals surface area (Å²) in [6.45, 7) is 12.2. The molecule has 0 heterocycles. The molecule has 1 N–H and O–H groups in total. The van der Waals surface area contributed by atoms with Crippen molar-refractivity contribution in [1.29, 1.82) is 0 Å². The van der Waals surface area contributed by atoms with Gasteiger partial charge in [0.25, 0.3) is 0 Å². The standard InChI is InChI=1S/C15H31NO/c1-5-10-16-14(12-17-11-6-2)13-8-7-9-15(13,3)4/h13-14,16H,5-12H2,1-4H3. The van der Waals surface area contributed by atoms with E-state index in [9.17, 15) is 0 Å². The van der Waals surface area contributed by atoms with Gasteiger partial charge in [-0.3, -0.25) is 0 Å². The molecule has 102 valence electrons. The molecule has 2 heteroatoms. The summed E-state index contributed by atoms with van der Waals surface area (Å²) < 4.78 is 5.79. The Hall–Kier alpha value is -0.0800. The highest BCUT2D eigenvalue weighted by Gasteiger charge is 2.39. The molecule has 0 amide bonds. The Kier molecular flexibility index (Phi) is 6.50. The summed E-state index contributed by atoms with van der Waals surface area (Å²) in [6.07, 6.45) is 6.45. The fourth-order valence-electron chi connectivity index (χ4n) is 3.10. The summed E-state index contributed by atoms with van der Waals surface area (Å²) >= 11 is 0. The van der Waals surface area contributed by atoms with Crippen molar-refractivity contribution < 1.29 is 4.74 Å². The Morgan fingerprint density at radius 3 is 2.59 bits per heavy atom. The van der Waals surface area contributed by atoms with Crippen molar-refractivity contribution in [1.82, 2.24) is 5.32 Å². The summed E-state index contributed by atoms with van der Waals surface area (Å²) in [5.74, 6) is 0.783. The molecular formula is C15H31NO. The molecule has 0 bridgehead atoms. The lowest BCUT2D eigenvalue weighted by Gasteiger charge is -2.34. The molecule has 0 spiro atoms. The number of nitrogens with one attached hydrogen (secondary N) is 1. The van der Waals surface area contributed by atoms with Gasteiger partial charge in [0, 0.05) is 12.6 Å². The Balaban J connectivity index is 2.48. The zero-order valence-corrected chi connectivity index (χ0v) is 12.2. The zero-order chi connectivity index (χ0) is 12.7. The summed E-state index contributed by atoms with van der Waals surface area (Å²) in [6, 6.07) is 0.555. The van der Waals surface area contributed by atoms with E-state index < -0.39 is 0 Å². The molecule has 1 aliphatic rings. The van der Waals surface area contributed by atoms with Crippen molar-refractivity contribution in [2.75, 3.05) is 19.8 Å². The smallest absolute Gasteiger partial charge is 0.0622 e. The SMILES string of the molecule is CCCNC(COCCC)C1CCCC1(C)C. The molecule has 1 saturated carbocycles. The van der Waals surface area contributed by atoms with E-state index in [1.165, 1.54) is 25.7 Å². The number of ether oxygens (including phenoxy) is 1. The first-order valence-electron chi connectivity index (χ1n) is 7.43. The maximum atomic E-state index is 5.79. The molecule has 2 atom stereocenters. The fourth-order valence-corrected chi connectivity index (χ4v) is 3.10. The van der Waals surface area contributed by atoms with Crippen molar-refractivity contribution in [2.45, 2.75) is 65.8 Å². The van der Waals surface area contributed by atoms with Crippen LogP contribution >= 0.6 is 0 Å². The van der Waals surface area contributed by atoms with Gasteiger partial charge in [-0.15, -0.1) is 0 Å². The van der Waals surface area contributed by atoms with Crippen LogP contribution in [-0.4, -0.2) is 25.8 Å². The Morgan fingerprint density at radius 2 is 2.06 bits per heavy atom. The van der Waals surface area contributed by atoms with Crippen LogP contribution in [0.3, 0.4) is 0 Å². The van der Waals surface area contributed by atoms with Crippen LogP contribution in [0.5, 0.6) is 0 Å². The highest BCUT2D eigenvalue weighted by Crippen LogP contribution is 2.44. The topological polar surface area (TPSA) is 21.3 Å². The average molecular weight is 241 g/mol. The normalized spacial score (nSPS) is 25.1. The summed E-state index contributed by atoms with van der Waals surface area (Å²) in [7, 11) is 0. The molecule has 1 aliphatic carbocycles. The molecule has 0 aromatic heterocycles. The van der Waals surface area contributed by atoms with Gasteiger partial charge in [0.15, 0.2) is 0 Å². The van der Waals surface area contributed by atoms with Gasteiger partial charge in [-0.2, -0.15) is 0 Å². The quantitative estimate of drug-likeness (QED) is 0.656. The van der Waals surface area contributed by atoms with E-state index in [0.29, 0.717) is 11.5 Å². The van der Waals surface area contributed by atoms with Gasteiger partial charge in [0.2, 0.25) is 0 Å². The molecule has 17 heavy (non-hydrogen) atoms. The summed E-state index contributed by atoms with van der Waals surface area (Å²) in [5, 5.41) is 3.70. The number of hydrogen-bond acceptors (Lipinski definition) is 2. The first-order valence-corrected chi connectivity index (χ1v) is 7.43. The second-order valence-corrected chi connectivity index (χ2v) is 6.12.